The van der Waals surface area contributed by atoms with Crippen molar-refractivity contribution in [3.8, 4) is 5.75 Å². The lowest BCUT2D eigenvalue weighted by atomic mass is 10.1. The number of benzene rings is 1. The zero-order valence-corrected chi connectivity index (χ0v) is 14.1. The van der Waals surface area contributed by atoms with Gasteiger partial charge in [0.25, 0.3) is 0 Å². The van der Waals surface area contributed by atoms with Gasteiger partial charge in [0.2, 0.25) is 0 Å². The number of hydrogen-bond donors (Lipinski definition) is 1. The number of nitrogens with one attached hydrogen (secondary N) is 1. The van der Waals surface area contributed by atoms with Crippen molar-refractivity contribution < 1.29 is 9.53 Å². The molecule has 0 spiro atoms. The highest BCUT2D eigenvalue weighted by Gasteiger charge is 2.26. The standard InChI is InChI=1S/C17H27N3O2/c1-13-9-14(5-6-16(13)22-4)10-18-17(21)20-8-7-15(12-20)11-19(2)3/h5-6,9,15H,7-8,10-12H2,1-4H3,(H,18,21)/t15-/m1/s1. The summed E-state index contributed by atoms with van der Waals surface area (Å²) in [6.45, 7) is 5.31. The van der Waals surface area contributed by atoms with Crippen LogP contribution in [0.25, 0.3) is 0 Å². The Morgan fingerprint density at radius 2 is 2.23 bits per heavy atom. The number of rotatable bonds is 5. The number of carbonyl (C=O) groups is 1. The molecule has 2 rings (SSSR count). The first-order chi connectivity index (χ1) is 10.5. The number of amides is 2. The number of aryl methyl sites for hydroxylation is 1. The van der Waals surface area contributed by atoms with Crippen LogP contribution in [-0.4, -0.2) is 56.7 Å². The lowest BCUT2D eigenvalue weighted by Crippen LogP contribution is -2.38. The van der Waals surface area contributed by atoms with Crippen LogP contribution in [0.1, 0.15) is 17.5 Å². The minimum atomic E-state index is 0.0368. The Balaban J connectivity index is 1.82. The molecule has 0 unspecified atom stereocenters. The maximum absolute atomic E-state index is 12.2. The van der Waals surface area contributed by atoms with E-state index in [2.05, 4.69) is 30.4 Å². The average molecular weight is 305 g/mol. The maximum Gasteiger partial charge on any atom is 0.317 e. The van der Waals surface area contributed by atoms with Crippen molar-refractivity contribution in [2.45, 2.75) is 19.9 Å². The van der Waals surface area contributed by atoms with Crippen LogP contribution in [0.5, 0.6) is 5.75 Å². The van der Waals surface area contributed by atoms with Crippen LogP contribution in [0.4, 0.5) is 4.79 Å². The van der Waals surface area contributed by atoms with Crippen LogP contribution in [0.15, 0.2) is 18.2 Å². The number of carbonyl (C=O) groups excluding carboxylic acids is 1. The second-order valence-corrected chi connectivity index (χ2v) is 6.33. The van der Waals surface area contributed by atoms with Crippen LogP contribution >= 0.6 is 0 Å². The van der Waals surface area contributed by atoms with E-state index in [-0.39, 0.29) is 6.03 Å². The molecule has 1 N–H and O–H groups in total. The molecule has 1 aromatic rings. The first kappa shape index (κ1) is 16.6. The SMILES string of the molecule is COc1ccc(CNC(=O)N2CC[C@H](CN(C)C)C2)cc1C. The van der Waals surface area contributed by atoms with E-state index in [4.69, 9.17) is 4.74 Å². The Morgan fingerprint density at radius 3 is 2.86 bits per heavy atom. The number of hydrogen-bond acceptors (Lipinski definition) is 3. The molecule has 5 nitrogen and oxygen atoms in total. The van der Waals surface area contributed by atoms with Gasteiger partial charge in [-0.1, -0.05) is 12.1 Å². The van der Waals surface area contributed by atoms with E-state index >= 15 is 0 Å². The van der Waals surface area contributed by atoms with Crippen molar-refractivity contribution in [3.63, 3.8) is 0 Å². The van der Waals surface area contributed by atoms with E-state index in [1.807, 2.05) is 24.0 Å². The molecule has 1 saturated heterocycles. The Bertz CT molecular complexity index is 517. The predicted molar refractivity (Wildman–Crippen MR) is 88.2 cm³/mol. The molecular weight excluding hydrogens is 278 g/mol. The van der Waals surface area contributed by atoms with Crippen molar-refractivity contribution in [2.75, 3.05) is 40.8 Å². The van der Waals surface area contributed by atoms with Gasteiger partial charge in [-0.15, -0.1) is 0 Å². The zero-order chi connectivity index (χ0) is 16.1. The van der Waals surface area contributed by atoms with E-state index in [9.17, 15) is 4.79 Å². The van der Waals surface area contributed by atoms with Gasteiger partial charge in [0.15, 0.2) is 0 Å². The highest BCUT2D eigenvalue weighted by molar-refractivity contribution is 5.74. The van der Waals surface area contributed by atoms with Crippen molar-refractivity contribution in [1.82, 2.24) is 15.1 Å². The third kappa shape index (κ3) is 4.37. The summed E-state index contributed by atoms with van der Waals surface area (Å²) in [4.78, 5) is 16.3. The van der Waals surface area contributed by atoms with Crippen LogP contribution in [0.2, 0.25) is 0 Å². The average Bonchev–Trinajstić information content (AvgIpc) is 2.92. The van der Waals surface area contributed by atoms with Gasteiger partial charge in [-0.2, -0.15) is 0 Å². The van der Waals surface area contributed by atoms with Crippen LogP contribution < -0.4 is 10.1 Å². The summed E-state index contributed by atoms with van der Waals surface area (Å²) in [5.74, 6) is 1.46. The monoisotopic (exact) mass is 305 g/mol. The highest BCUT2D eigenvalue weighted by atomic mass is 16.5. The number of urea groups is 1. The fourth-order valence-electron chi connectivity index (χ4n) is 3.02. The van der Waals surface area contributed by atoms with Gasteiger partial charge in [0.1, 0.15) is 5.75 Å². The predicted octanol–water partition coefficient (Wildman–Crippen LogP) is 2.10. The lowest BCUT2D eigenvalue weighted by Gasteiger charge is -2.19. The third-order valence-electron chi connectivity index (χ3n) is 4.10. The van der Waals surface area contributed by atoms with Gasteiger partial charge in [0, 0.05) is 26.2 Å². The van der Waals surface area contributed by atoms with Crippen molar-refractivity contribution in [1.29, 1.82) is 0 Å². The molecule has 22 heavy (non-hydrogen) atoms. The Morgan fingerprint density at radius 1 is 1.45 bits per heavy atom. The lowest BCUT2D eigenvalue weighted by molar-refractivity contribution is 0.205. The topological polar surface area (TPSA) is 44.8 Å². The first-order valence-corrected chi connectivity index (χ1v) is 7.80. The largest absolute Gasteiger partial charge is 0.496 e. The molecule has 1 aliphatic rings. The second kappa shape index (κ2) is 7.49. The van der Waals surface area contributed by atoms with Gasteiger partial charge in [-0.05, 0) is 50.6 Å². The second-order valence-electron chi connectivity index (χ2n) is 6.33. The highest BCUT2D eigenvalue weighted by Crippen LogP contribution is 2.19. The quantitative estimate of drug-likeness (QED) is 0.906. The number of ether oxygens (including phenoxy) is 1. The van der Waals surface area contributed by atoms with E-state index < -0.39 is 0 Å². The Labute approximate surface area is 133 Å². The summed E-state index contributed by atoms with van der Waals surface area (Å²) < 4.78 is 5.25. The van der Waals surface area contributed by atoms with Crippen molar-refractivity contribution in [2.24, 2.45) is 5.92 Å². The molecule has 0 aromatic heterocycles. The molecule has 0 aliphatic carbocycles. The van der Waals surface area contributed by atoms with Crippen molar-refractivity contribution in [3.05, 3.63) is 29.3 Å². The summed E-state index contributed by atoms with van der Waals surface area (Å²) in [5.41, 5.74) is 2.18. The first-order valence-electron chi connectivity index (χ1n) is 7.80. The molecule has 122 valence electrons. The van der Waals surface area contributed by atoms with Crippen LogP contribution in [-0.2, 0) is 6.54 Å². The molecule has 0 saturated carbocycles. The van der Waals surface area contributed by atoms with E-state index in [1.165, 1.54) is 0 Å². The molecule has 1 atom stereocenters. The van der Waals surface area contributed by atoms with Crippen LogP contribution in [0, 0.1) is 12.8 Å². The van der Waals surface area contributed by atoms with Gasteiger partial charge in [0.05, 0.1) is 7.11 Å². The smallest absolute Gasteiger partial charge is 0.317 e. The molecule has 1 aliphatic heterocycles. The fraction of sp³-hybridized carbons (Fsp3) is 0.588. The maximum atomic E-state index is 12.2. The molecule has 2 amide bonds. The summed E-state index contributed by atoms with van der Waals surface area (Å²) in [6.07, 6.45) is 1.09. The fourth-order valence-corrected chi connectivity index (χ4v) is 3.02. The van der Waals surface area contributed by atoms with Crippen LogP contribution in [0.3, 0.4) is 0 Å². The van der Waals surface area contributed by atoms with Gasteiger partial charge in [-0.25, -0.2) is 4.79 Å². The minimum absolute atomic E-state index is 0.0368. The Kier molecular flexibility index (Phi) is 5.66. The normalized spacial score (nSPS) is 17.9. The molecule has 1 fully saturated rings. The van der Waals surface area contributed by atoms with Crippen molar-refractivity contribution >= 4 is 6.03 Å². The van der Waals surface area contributed by atoms with E-state index in [0.29, 0.717) is 12.5 Å². The Hall–Kier alpha value is -1.75. The van der Waals surface area contributed by atoms with Gasteiger partial charge >= 0.3 is 6.03 Å². The summed E-state index contributed by atoms with van der Waals surface area (Å²) in [7, 11) is 5.82. The zero-order valence-electron chi connectivity index (χ0n) is 14.1. The summed E-state index contributed by atoms with van der Waals surface area (Å²) in [6, 6.07) is 6.03. The molecular formula is C17H27N3O2. The number of nitrogens with zero attached hydrogens (tertiary/aromatic N) is 2. The minimum Gasteiger partial charge on any atom is -0.496 e. The third-order valence-corrected chi connectivity index (χ3v) is 4.10. The molecule has 1 heterocycles. The summed E-state index contributed by atoms with van der Waals surface area (Å²) in [5, 5.41) is 3.01. The van der Waals surface area contributed by atoms with Gasteiger partial charge < -0.3 is 19.9 Å². The van der Waals surface area contributed by atoms with E-state index in [1.54, 1.807) is 7.11 Å². The summed E-state index contributed by atoms with van der Waals surface area (Å²) >= 11 is 0. The van der Waals surface area contributed by atoms with Gasteiger partial charge in [-0.3, -0.25) is 0 Å². The molecule has 0 bridgehead atoms. The molecule has 5 heteroatoms. The molecule has 1 aromatic carbocycles. The van der Waals surface area contributed by atoms with E-state index in [0.717, 1.165) is 42.9 Å². The number of methoxy groups -OCH3 is 1. The number of likely N-dealkylation sites (tertiary alicyclic amines) is 1. The molecule has 0 radical (unpaired) electrons.